The summed E-state index contributed by atoms with van der Waals surface area (Å²) in [6.07, 6.45) is 5.13. The Morgan fingerprint density at radius 2 is 2.14 bits per heavy atom. The molecule has 1 amide bonds. The predicted octanol–water partition coefficient (Wildman–Crippen LogP) is 3.06. The Bertz CT molecular complexity index is 486. The number of aliphatic hydroxyl groups is 1. The van der Waals surface area contributed by atoms with Crippen molar-refractivity contribution < 1.29 is 14.3 Å². The third-order valence-electron chi connectivity index (χ3n) is 4.46. The summed E-state index contributed by atoms with van der Waals surface area (Å²) in [6, 6.07) is 6.50. The van der Waals surface area contributed by atoms with Crippen molar-refractivity contribution in [2.24, 2.45) is 11.8 Å². The van der Waals surface area contributed by atoms with Gasteiger partial charge < -0.3 is 10.4 Å². The standard InChI is InChI=1S/C18H26FNO2/c1-13(9-14-5-4-8-16(19)11-14)10-18(22)20-12-17(21)15-6-2-3-7-15/h4-5,8,11,13,15,17,21H,2-3,6-7,9-10,12H2,1H3,(H,20,22). The van der Waals surface area contributed by atoms with E-state index in [1.165, 1.54) is 25.0 Å². The molecule has 3 nitrogen and oxygen atoms in total. The molecule has 0 aromatic heterocycles. The molecule has 1 saturated carbocycles. The lowest BCUT2D eigenvalue weighted by molar-refractivity contribution is -0.122. The highest BCUT2D eigenvalue weighted by atomic mass is 19.1. The molecule has 0 bridgehead atoms. The molecule has 122 valence electrons. The number of carbonyl (C=O) groups excluding carboxylic acids is 1. The molecule has 22 heavy (non-hydrogen) atoms. The fourth-order valence-corrected chi connectivity index (χ4v) is 3.25. The van der Waals surface area contributed by atoms with E-state index >= 15 is 0 Å². The lowest BCUT2D eigenvalue weighted by Crippen LogP contribution is -2.36. The normalized spacial score (nSPS) is 18.1. The van der Waals surface area contributed by atoms with Gasteiger partial charge in [-0.15, -0.1) is 0 Å². The number of aliphatic hydroxyl groups excluding tert-OH is 1. The van der Waals surface area contributed by atoms with Gasteiger partial charge in [-0.1, -0.05) is 31.9 Å². The van der Waals surface area contributed by atoms with Crippen LogP contribution < -0.4 is 5.32 Å². The van der Waals surface area contributed by atoms with Crippen LogP contribution >= 0.6 is 0 Å². The minimum atomic E-state index is -0.426. The SMILES string of the molecule is CC(CC(=O)NCC(O)C1CCCC1)Cc1cccc(F)c1. The molecule has 2 N–H and O–H groups in total. The third-order valence-corrected chi connectivity index (χ3v) is 4.46. The van der Waals surface area contributed by atoms with E-state index in [2.05, 4.69) is 5.32 Å². The highest BCUT2D eigenvalue weighted by Crippen LogP contribution is 2.27. The van der Waals surface area contributed by atoms with Crippen molar-refractivity contribution in [3.05, 3.63) is 35.6 Å². The summed E-state index contributed by atoms with van der Waals surface area (Å²) in [7, 11) is 0. The minimum absolute atomic E-state index is 0.0408. The first-order valence-corrected chi connectivity index (χ1v) is 8.24. The van der Waals surface area contributed by atoms with Crippen molar-refractivity contribution in [1.82, 2.24) is 5.32 Å². The predicted molar refractivity (Wildman–Crippen MR) is 84.9 cm³/mol. The summed E-state index contributed by atoms with van der Waals surface area (Å²) in [5.74, 6) is 0.199. The zero-order valence-corrected chi connectivity index (χ0v) is 13.2. The summed E-state index contributed by atoms with van der Waals surface area (Å²) in [5.41, 5.74) is 0.909. The second-order valence-corrected chi connectivity index (χ2v) is 6.56. The summed E-state index contributed by atoms with van der Waals surface area (Å²) in [4.78, 5) is 11.9. The average molecular weight is 307 g/mol. The van der Waals surface area contributed by atoms with Crippen LogP contribution in [0.15, 0.2) is 24.3 Å². The number of hydrogen-bond donors (Lipinski definition) is 2. The zero-order chi connectivity index (χ0) is 15.9. The number of rotatable bonds is 7. The molecule has 2 rings (SSSR count). The molecule has 0 heterocycles. The fraction of sp³-hybridized carbons (Fsp3) is 0.611. The lowest BCUT2D eigenvalue weighted by atomic mass is 9.97. The topological polar surface area (TPSA) is 49.3 Å². The van der Waals surface area contributed by atoms with Gasteiger partial charge in [-0.25, -0.2) is 4.39 Å². The number of carbonyl (C=O) groups is 1. The number of benzene rings is 1. The van der Waals surface area contributed by atoms with Crippen molar-refractivity contribution in [3.8, 4) is 0 Å². The molecule has 1 fully saturated rings. The van der Waals surface area contributed by atoms with E-state index in [0.717, 1.165) is 18.4 Å². The van der Waals surface area contributed by atoms with E-state index in [9.17, 15) is 14.3 Å². The Morgan fingerprint density at radius 3 is 2.82 bits per heavy atom. The van der Waals surface area contributed by atoms with Gasteiger partial charge in [0.05, 0.1) is 6.10 Å². The van der Waals surface area contributed by atoms with Crippen LogP contribution in [0.5, 0.6) is 0 Å². The lowest BCUT2D eigenvalue weighted by Gasteiger charge is -2.19. The van der Waals surface area contributed by atoms with Gasteiger partial charge in [-0.2, -0.15) is 0 Å². The van der Waals surface area contributed by atoms with Crippen molar-refractivity contribution in [2.45, 2.75) is 51.6 Å². The van der Waals surface area contributed by atoms with Gasteiger partial charge in [0.25, 0.3) is 0 Å². The Hall–Kier alpha value is -1.42. The van der Waals surface area contributed by atoms with E-state index in [0.29, 0.717) is 25.3 Å². The van der Waals surface area contributed by atoms with Gasteiger partial charge in [-0.3, -0.25) is 4.79 Å². The van der Waals surface area contributed by atoms with Crippen LogP contribution in [-0.2, 0) is 11.2 Å². The quantitative estimate of drug-likeness (QED) is 0.813. The molecular formula is C18H26FNO2. The molecule has 0 spiro atoms. The van der Waals surface area contributed by atoms with Crippen LogP contribution in [0, 0.1) is 17.7 Å². The Balaban J connectivity index is 1.69. The Kier molecular flexibility index (Phi) is 6.37. The molecular weight excluding hydrogens is 281 g/mol. The fourth-order valence-electron chi connectivity index (χ4n) is 3.25. The molecule has 0 radical (unpaired) electrons. The monoisotopic (exact) mass is 307 g/mol. The highest BCUT2D eigenvalue weighted by Gasteiger charge is 2.23. The summed E-state index contributed by atoms with van der Waals surface area (Å²) < 4.78 is 13.1. The van der Waals surface area contributed by atoms with Crippen LogP contribution in [-0.4, -0.2) is 23.7 Å². The molecule has 1 aliphatic rings. The van der Waals surface area contributed by atoms with E-state index in [1.807, 2.05) is 13.0 Å². The van der Waals surface area contributed by atoms with Crippen molar-refractivity contribution in [2.75, 3.05) is 6.54 Å². The maximum Gasteiger partial charge on any atom is 0.220 e. The van der Waals surface area contributed by atoms with Crippen molar-refractivity contribution >= 4 is 5.91 Å². The second kappa shape index (κ2) is 8.28. The Labute approximate surface area is 131 Å². The minimum Gasteiger partial charge on any atom is -0.391 e. The van der Waals surface area contributed by atoms with Crippen LogP contribution in [0.2, 0.25) is 0 Å². The van der Waals surface area contributed by atoms with Gasteiger partial charge in [0, 0.05) is 13.0 Å². The molecule has 1 aromatic rings. The van der Waals surface area contributed by atoms with Crippen LogP contribution in [0.4, 0.5) is 4.39 Å². The number of nitrogens with one attached hydrogen (secondary N) is 1. The summed E-state index contributed by atoms with van der Waals surface area (Å²) in [5, 5.41) is 12.9. The van der Waals surface area contributed by atoms with E-state index in [4.69, 9.17) is 0 Å². The first kappa shape index (κ1) is 16.9. The van der Waals surface area contributed by atoms with E-state index in [1.54, 1.807) is 6.07 Å². The smallest absolute Gasteiger partial charge is 0.220 e. The molecule has 1 aromatic carbocycles. The number of halogens is 1. The van der Waals surface area contributed by atoms with Crippen LogP contribution in [0.1, 0.15) is 44.6 Å². The maximum absolute atomic E-state index is 13.1. The molecule has 0 saturated heterocycles. The molecule has 1 aliphatic carbocycles. The van der Waals surface area contributed by atoms with Gasteiger partial charge in [0.2, 0.25) is 5.91 Å². The number of hydrogen-bond acceptors (Lipinski definition) is 2. The van der Waals surface area contributed by atoms with Gasteiger partial charge in [0.15, 0.2) is 0 Å². The first-order valence-electron chi connectivity index (χ1n) is 8.24. The molecule has 0 aliphatic heterocycles. The molecule has 4 heteroatoms. The average Bonchev–Trinajstić information content (AvgIpc) is 2.98. The second-order valence-electron chi connectivity index (χ2n) is 6.56. The zero-order valence-electron chi connectivity index (χ0n) is 13.2. The van der Waals surface area contributed by atoms with Gasteiger partial charge >= 0.3 is 0 Å². The van der Waals surface area contributed by atoms with E-state index in [-0.39, 0.29) is 17.6 Å². The molecule has 2 unspecified atom stereocenters. The first-order chi connectivity index (χ1) is 10.5. The largest absolute Gasteiger partial charge is 0.391 e. The van der Waals surface area contributed by atoms with Crippen molar-refractivity contribution in [3.63, 3.8) is 0 Å². The Morgan fingerprint density at radius 1 is 1.41 bits per heavy atom. The summed E-state index contributed by atoms with van der Waals surface area (Å²) in [6.45, 7) is 2.33. The van der Waals surface area contributed by atoms with Crippen LogP contribution in [0.3, 0.4) is 0 Å². The third kappa shape index (κ3) is 5.41. The van der Waals surface area contributed by atoms with Crippen molar-refractivity contribution in [1.29, 1.82) is 0 Å². The van der Waals surface area contributed by atoms with Gasteiger partial charge in [-0.05, 0) is 48.8 Å². The van der Waals surface area contributed by atoms with Crippen LogP contribution in [0.25, 0.3) is 0 Å². The summed E-state index contributed by atoms with van der Waals surface area (Å²) >= 11 is 0. The van der Waals surface area contributed by atoms with E-state index < -0.39 is 6.10 Å². The number of amides is 1. The maximum atomic E-state index is 13.1. The van der Waals surface area contributed by atoms with Gasteiger partial charge in [0.1, 0.15) is 5.82 Å². The highest BCUT2D eigenvalue weighted by molar-refractivity contribution is 5.76. The molecule has 2 atom stereocenters.